The molecule has 3 rings (SSSR count). The van der Waals surface area contributed by atoms with Crippen LogP contribution in [0.25, 0.3) is 10.9 Å². The molecule has 0 unspecified atom stereocenters. The molecule has 1 heterocycles. The molecule has 0 aliphatic rings. The van der Waals surface area contributed by atoms with E-state index in [0.29, 0.717) is 27.9 Å². The first-order valence-electron chi connectivity index (χ1n) is 7.28. The predicted octanol–water partition coefficient (Wildman–Crippen LogP) is 4.66. The van der Waals surface area contributed by atoms with Gasteiger partial charge in [0, 0.05) is 22.2 Å². The summed E-state index contributed by atoms with van der Waals surface area (Å²) >= 11 is 0.404. The number of fused-ring (bicyclic) bond motifs is 1. The zero-order chi connectivity index (χ0) is 18.0. The maximum Gasteiger partial charge on any atom is 0.288 e. The summed E-state index contributed by atoms with van der Waals surface area (Å²) in [5.74, 6) is -2.52. The van der Waals surface area contributed by atoms with Gasteiger partial charge in [0.2, 0.25) is 0 Å². The summed E-state index contributed by atoms with van der Waals surface area (Å²) in [6.07, 6.45) is 1.61. The summed E-state index contributed by atoms with van der Waals surface area (Å²) in [5, 5.41) is 0.728. The van der Waals surface area contributed by atoms with Gasteiger partial charge in [-0.2, -0.15) is 8.78 Å². The fraction of sp³-hybridized carbons (Fsp3) is 0.118. The van der Waals surface area contributed by atoms with Crippen LogP contribution in [0.5, 0.6) is 0 Å². The number of para-hydroxylation sites is 1. The number of halogens is 2. The molecule has 0 fully saturated rings. The van der Waals surface area contributed by atoms with Crippen molar-refractivity contribution >= 4 is 38.4 Å². The third-order valence-corrected chi connectivity index (χ3v) is 5.57. The van der Waals surface area contributed by atoms with Gasteiger partial charge in [-0.05, 0) is 48.9 Å². The Morgan fingerprint density at radius 1 is 1.12 bits per heavy atom. The first kappa shape index (κ1) is 17.6. The Morgan fingerprint density at radius 3 is 2.52 bits per heavy atom. The quantitative estimate of drug-likeness (QED) is 0.654. The second kappa shape index (κ2) is 6.97. The van der Waals surface area contributed by atoms with Gasteiger partial charge in [-0.1, -0.05) is 23.9 Å². The molecule has 3 aromatic rings. The number of sulfonamides is 1. The van der Waals surface area contributed by atoms with E-state index in [1.165, 1.54) is 30.3 Å². The molecule has 2 aromatic carbocycles. The minimum atomic E-state index is -3.86. The molecule has 1 aromatic heterocycles. The SMILES string of the molecule is Cc1cnc2c(S(=O)(=O)Nc3ccc(SC(F)F)cc3)cccc2c1. The monoisotopic (exact) mass is 380 g/mol. The van der Waals surface area contributed by atoms with Gasteiger partial charge in [-0.25, -0.2) is 8.42 Å². The maximum absolute atomic E-state index is 12.7. The minimum Gasteiger partial charge on any atom is -0.280 e. The number of benzene rings is 2. The highest BCUT2D eigenvalue weighted by atomic mass is 32.2. The van der Waals surface area contributed by atoms with Crippen molar-refractivity contribution < 1.29 is 17.2 Å². The average molecular weight is 380 g/mol. The van der Waals surface area contributed by atoms with Crippen LogP contribution in [-0.4, -0.2) is 19.2 Å². The Labute approximate surface area is 148 Å². The van der Waals surface area contributed by atoms with Gasteiger partial charge in [0.05, 0.1) is 5.52 Å². The molecule has 0 radical (unpaired) electrons. The van der Waals surface area contributed by atoms with E-state index in [1.54, 1.807) is 18.3 Å². The van der Waals surface area contributed by atoms with E-state index in [4.69, 9.17) is 0 Å². The van der Waals surface area contributed by atoms with E-state index in [1.807, 2.05) is 13.0 Å². The van der Waals surface area contributed by atoms with Gasteiger partial charge in [0.15, 0.2) is 0 Å². The number of rotatable bonds is 5. The highest BCUT2D eigenvalue weighted by molar-refractivity contribution is 7.99. The zero-order valence-electron chi connectivity index (χ0n) is 13.1. The Bertz CT molecular complexity index is 1010. The van der Waals surface area contributed by atoms with Crippen molar-refractivity contribution in [1.82, 2.24) is 4.98 Å². The summed E-state index contributed by atoms with van der Waals surface area (Å²) in [6.45, 7) is 1.88. The van der Waals surface area contributed by atoms with Gasteiger partial charge in [0.1, 0.15) is 4.90 Å². The molecule has 0 aliphatic carbocycles. The molecule has 0 spiro atoms. The van der Waals surface area contributed by atoms with Gasteiger partial charge in [-0.3, -0.25) is 9.71 Å². The third kappa shape index (κ3) is 4.08. The number of hydrogen-bond donors (Lipinski definition) is 1. The van der Waals surface area contributed by atoms with E-state index in [2.05, 4.69) is 9.71 Å². The van der Waals surface area contributed by atoms with E-state index in [9.17, 15) is 17.2 Å². The Balaban J connectivity index is 1.92. The van der Waals surface area contributed by atoms with E-state index in [-0.39, 0.29) is 4.90 Å². The number of nitrogens with one attached hydrogen (secondary N) is 1. The van der Waals surface area contributed by atoms with Crippen LogP contribution >= 0.6 is 11.8 Å². The molecule has 0 atom stereocenters. The van der Waals surface area contributed by atoms with Crippen LogP contribution in [0.3, 0.4) is 0 Å². The largest absolute Gasteiger partial charge is 0.288 e. The number of thioether (sulfide) groups is 1. The van der Waals surface area contributed by atoms with Crippen molar-refractivity contribution in [2.45, 2.75) is 22.5 Å². The van der Waals surface area contributed by atoms with Crippen LogP contribution < -0.4 is 4.72 Å². The number of aromatic nitrogens is 1. The van der Waals surface area contributed by atoms with Crippen molar-refractivity contribution in [2.24, 2.45) is 0 Å². The number of pyridine rings is 1. The topological polar surface area (TPSA) is 59.1 Å². The highest BCUT2D eigenvalue weighted by Gasteiger charge is 2.18. The van der Waals surface area contributed by atoms with Crippen LogP contribution in [0, 0.1) is 6.92 Å². The summed E-state index contributed by atoms with van der Waals surface area (Å²) in [7, 11) is -3.86. The first-order valence-corrected chi connectivity index (χ1v) is 9.64. The lowest BCUT2D eigenvalue weighted by molar-refractivity contribution is 0.252. The summed E-state index contributed by atoms with van der Waals surface area (Å²) in [4.78, 5) is 4.66. The van der Waals surface area contributed by atoms with Crippen molar-refractivity contribution in [3.63, 3.8) is 0 Å². The van der Waals surface area contributed by atoms with Crippen LogP contribution in [0.4, 0.5) is 14.5 Å². The standard InChI is InChI=1S/C17H14F2N2O2S2/c1-11-9-12-3-2-4-15(16(12)20-10-11)25(22,23)21-13-5-7-14(8-6-13)24-17(18)19/h2-10,17,21H,1H3. The molecule has 0 saturated carbocycles. The fourth-order valence-corrected chi connectivity index (χ4v) is 4.11. The van der Waals surface area contributed by atoms with Gasteiger partial charge >= 0.3 is 0 Å². The molecule has 25 heavy (non-hydrogen) atoms. The van der Waals surface area contributed by atoms with Gasteiger partial charge < -0.3 is 0 Å². The molecular formula is C17H14F2N2O2S2. The van der Waals surface area contributed by atoms with Crippen molar-refractivity contribution in [1.29, 1.82) is 0 Å². The number of nitrogens with zero attached hydrogens (tertiary/aromatic N) is 1. The molecule has 130 valence electrons. The van der Waals surface area contributed by atoms with Crippen molar-refractivity contribution in [3.8, 4) is 0 Å². The van der Waals surface area contributed by atoms with Crippen LogP contribution in [0.2, 0.25) is 0 Å². The van der Waals surface area contributed by atoms with Crippen LogP contribution in [0.1, 0.15) is 5.56 Å². The van der Waals surface area contributed by atoms with E-state index in [0.717, 1.165) is 10.9 Å². The average Bonchev–Trinajstić information content (AvgIpc) is 2.55. The van der Waals surface area contributed by atoms with Crippen molar-refractivity contribution in [2.75, 3.05) is 4.72 Å². The third-order valence-electron chi connectivity index (χ3n) is 3.43. The Kier molecular flexibility index (Phi) is 4.91. The minimum absolute atomic E-state index is 0.0658. The molecule has 0 amide bonds. The van der Waals surface area contributed by atoms with Gasteiger partial charge in [0.25, 0.3) is 15.8 Å². The maximum atomic E-state index is 12.7. The number of alkyl halides is 2. The molecular weight excluding hydrogens is 366 g/mol. The predicted molar refractivity (Wildman–Crippen MR) is 95.6 cm³/mol. The normalized spacial score (nSPS) is 11.8. The molecule has 0 bridgehead atoms. The lowest BCUT2D eigenvalue weighted by atomic mass is 10.2. The number of anilines is 1. The molecule has 8 heteroatoms. The van der Waals surface area contributed by atoms with Gasteiger partial charge in [-0.15, -0.1) is 0 Å². The van der Waals surface area contributed by atoms with E-state index >= 15 is 0 Å². The highest BCUT2D eigenvalue weighted by Crippen LogP contribution is 2.28. The van der Waals surface area contributed by atoms with Crippen LogP contribution in [-0.2, 0) is 10.0 Å². The number of hydrogen-bond acceptors (Lipinski definition) is 4. The second-order valence-corrected chi connectivity index (χ2v) is 8.06. The zero-order valence-corrected chi connectivity index (χ0v) is 14.7. The molecule has 0 aliphatic heterocycles. The lowest BCUT2D eigenvalue weighted by Crippen LogP contribution is -2.13. The molecule has 4 nitrogen and oxygen atoms in total. The smallest absolute Gasteiger partial charge is 0.280 e. The summed E-state index contributed by atoms with van der Waals surface area (Å²) < 4.78 is 52.5. The summed E-state index contributed by atoms with van der Waals surface area (Å²) in [5.41, 5.74) is 1.61. The molecule has 0 saturated heterocycles. The lowest BCUT2D eigenvalue weighted by Gasteiger charge is -2.11. The number of aryl methyl sites for hydroxylation is 1. The summed E-state index contributed by atoms with van der Waals surface area (Å²) in [6, 6.07) is 12.6. The van der Waals surface area contributed by atoms with Crippen molar-refractivity contribution in [3.05, 3.63) is 60.3 Å². The Morgan fingerprint density at radius 2 is 1.84 bits per heavy atom. The Hall–Kier alpha value is -2.19. The molecule has 1 N–H and O–H groups in total. The first-order chi connectivity index (χ1) is 11.8. The van der Waals surface area contributed by atoms with Crippen LogP contribution in [0.15, 0.2) is 64.5 Å². The van der Waals surface area contributed by atoms with E-state index < -0.39 is 15.8 Å². The second-order valence-electron chi connectivity index (χ2n) is 5.35. The fourth-order valence-electron chi connectivity index (χ4n) is 2.37.